The fourth-order valence-electron chi connectivity index (χ4n) is 6.14. The van der Waals surface area contributed by atoms with Crippen molar-refractivity contribution in [1.82, 2.24) is 25.1 Å². The molecule has 3 aliphatic rings. The summed E-state index contributed by atoms with van der Waals surface area (Å²) < 4.78 is 0. The number of nitrogens with zero attached hydrogens (tertiary/aromatic N) is 5. The molecule has 1 amide bonds. The average molecular weight is 536 g/mol. The summed E-state index contributed by atoms with van der Waals surface area (Å²) in [6, 6.07) is 7.35. The molecule has 0 spiro atoms. The van der Waals surface area contributed by atoms with E-state index in [4.69, 9.17) is 10.7 Å². The predicted octanol–water partition coefficient (Wildman–Crippen LogP) is 2.57. The quantitative estimate of drug-likeness (QED) is 0.405. The molecular weight excluding hydrogens is 490 g/mol. The van der Waals surface area contributed by atoms with Gasteiger partial charge in [-0.3, -0.25) is 9.69 Å². The molecule has 10 nitrogen and oxygen atoms in total. The molecular formula is C29H45N9O. The third kappa shape index (κ3) is 6.62. The molecule has 0 saturated carbocycles. The van der Waals surface area contributed by atoms with Crippen LogP contribution in [0, 0.1) is 6.92 Å². The van der Waals surface area contributed by atoms with Crippen LogP contribution < -0.4 is 26.6 Å². The van der Waals surface area contributed by atoms with Crippen LogP contribution >= 0.6 is 0 Å². The number of amides is 1. The fraction of sp³-hybridized carbons (Fsp3) is 0.621. The maximum absolute atomic E-state index is 12.3. The van der Waals surface area contributed by atoms with E-state index >= 15 is 0 Å². The minimum Gasteiger partial charge on any atom is -0.371 e. The number of piperidine rings is 2. The van der Waals surface area contributed by atoms with E-state index in [0.717, 1.165) is 56.2 Å². The van der Waals surface area contributed by atoms with E-state index in [2.05, 4.69) is 67.8 Å². The summed E-state index contributed by atoms with van der Waals surface area (Å²) in [4.78, 5) is 29.4. The van der Waals surface area contributed by atoms with Crippen LogP contribution in [-0.4, -0.2) is 97.2 Å². The molecule has 0 aliphatic carbocycles. The van der Waals surface area contributed by atoms with Crippen molar-refractivity contribution < 1.29 is 4.79 Å². The van der Waals surface area contributed by atoms with Crippen LogP contribution in [0.3, 0.4) is 0 Å². The summed E-state index contributed by atoms with van der Waals surface area (Å²) in [5.41, 5.74) is 9.99. The van der Waals surface area contributed by atoms with Gasteiger partial charge in [0.25, 0.3) is 5.91 Å². The minimum absolute atomic E-state index is 0.173. The second kappa shape index (κ2) is 12.5. The minimum atomic E-state index is -0.581. The SMILES string of the molecule is CCc1nc(C(N)=O)c(Nc2ccc(N3CCC(N4CCN(C)CC4)CC3)c(C)c2)nc1N[C@H]1CCCNC1. The van der Waals surface area contributed by atoms with Crippen molar-refractivity contribution in [3.63, 3.8) is 0 Å². The van der Waals surface area contributed by atoms with Gasteiger partial charge in [-0.15, -0.1) is 0 Å². The number of primary amides is 1. The highest BCUT2D eigenvalue weighted by molar-refractivity contribution is 5.96. The molecule has 1 aromatic heterocycles. The van der Waals surface area contributed by atoms with Crippen molar-refractivity contribution in [2.45, 2.75) is 58.0 Å². The zero-order valence-electron chi connectivity index (χ0n) is 23.8. The third-order valence-corrected chi connectivity index (χ3v) is 8.49. The number of aryl methyl sites for hydroxylation is 2. The maximum atomic E-state index is 12.3. The molecule has 1 atom stereocenters. The molecule has 2 aromatic rings. The Balaban J connectivity index is 1.28. The average Bonchev–Trinajstić information content (AvgIpc) is 2.94. The molecule has 4 heterocycles. The van der Waals surface area contributed by atoms with Crippen molar-refractivity contribution in [2.75, 3.05) is 74.9 Å². The van der Waals surface area contributed by atoms with E-state index in [1.807, 2.05) is 6.92 Å². The Kier molecular flexibility index (Phi) is 8.84. The molecule has 0 unspecified atom stereocenters. The van der Waals surface area contributed by atoms with Gasteiger partial charge < -0.3 is 31.5 Å². The van der Waals surface area contributed by atoms with Crippen LogP contribution in [0.5, 0.6) is 0 Å². The molecule has 0 bridgehead atoms. The second-order valence-electron chi connectivity index (χ2n) is 11.3. The van der Waals surface area contributed by atoms with E-state index in [0.29, 0.717) is 18.3 Å². The highest BCUT2D eigenvalue weighted by Crippen LogP contribution is 2.30. The fourth-order valence-corrected chi connectivity index (χ4v) is 6.14. The smallest absolute Gasteiger partial charge is 0.271 e. The first-order valence-corrected chi connectivity index (χ1v) is 14.6. The van der Waals surface area contributed by atoms with E-state index in [-0.39, 0.29) is 11.7 Å². The summed E-state index contributed by atoms with van der Waals surface area (Å²) >= 11 is 0. The van der Waals surface area contributed by atoms with Gasteiger partial charge in [0.15, 0.2) is 17.3 Å². The molecule has 1 aromatic carbocycles. The molecule has 5 rings (SSSR count). The Morgan fingerprint density at radius 1 is 1.08 bits per heavy atom. The van der Waals surface area contributed by atoms with E-state index in [1.165, 1.54) is 50.3 Å². The van der Waals surface area contributed by atoms with E-state index in [9.17, 15) is 4.79 Å². The number of aromatic nitrogens is 2. The van der Waals surface area contributed by atoms with Crippen LogP contribution in [0.4, 0.5) is 23.0 Å². The van der Waals surface area contributed by atoms with Gasteiger partial charge in [0.2, 0.25) is 0 Å². The number of hydrogen-bond acceptors (Lipinski definition) is 9. The van der Waals surface area contributed by atoms with Crippen LogP contribution in [-0.2, 0) is 6.42 Å². The highest BCUT2D eigenvalue weighted by Gasteiger charge is 2.27. The van der Waals surface area contributed by atoms with Crippen molar-refractivity contribution in [3.8, 4) is 0 Å². The van der Waals surface area contributed by atoms with Gasteiger partial charge in [0.1, 0.15) is 0 Å². The molecule has 3 saturated heterocycles. The Morgan fingerprint density at radius 3 is 2.49 bits per heavy atom. The molecule has 212 valence electrons. The summed E-state index contributed by atoms with van der Waals surface area (Å²) in [5.74, 6) is 0.531. The lowest BCUT2D eigenvalue weighted by molar-refractivity contribution is 0.0982. The lowest BCUT2D eigenvalue weighted by Crippen LogP contribution is -2.52. The second-order valence-corrected chi connectivity index (χ2v) is 11.3. The van der Waals surface area contributed by atoms with E-state index < -0.39 is 5.91 Å². The number of benzene rings is 1. The molecule has 5 N–H and O–H groups in total. The predicted molar refractivity (Wildman–Crippen MR) is 158 cm³/mol. The number of hydrogen-bond donors (Lipinski definition) is 4. The van der Waals surface area contributed by atoms with Crippen LogP contribution in [0.1, 0.15) is 54.4 Å². The van der Waals surface area contributed by atoms with Crippen molar-refractivity contribution in [3.05, 3.63) is 35.2 Å². The Labute approximate surface area is 232 Å². The first-order chi connectivity index (χ1) is 18.9. The lowest BCUT2D eigenvalue weighted by atomic mass is 10.0. The van der Waals surface area contributed by atoms with Gasteiger partial charge in [-0.2, -0.15) is 0 Å². The number of carbonyl (C=O) groups excluding carboxylic acids is 1. The van der Waals surface area contributed by atoms with Gasteiger partial charge in [0, 0.05) is 69.3 Å². The number of rotatable bonds is 8. The zero-order valence-corrected chi connectivity index (χ0v) is 23.8. The van der Waals surface area contributed by atoms with Crippen LogP contribution in [0.2, 0.25) is 0 Å². The first kappa shape index (κ1) is 27.6. The number of likely N-dealkylation sites (N-methyl/N-ethyl adjacent to an activating group) is 1. The maximum Gasteiger partial charge on any atom is 0.271 e. The van der Waals surface area contributed by atoms with Crippen molar-refractivity contribution >= 4 is 28.9 Å². The number of nitrogens with two attached hydrogens (primary N) is 1. The number of anilines is 4. The summed E-state index contributed by atoms with van der Waals surface area (Å²) in [6.45, 7) is 13.0. The Morgan fingerprint density at radius 2 is 1.85 bits per heavy atom. The molecule has 3 fully saturated rings. The standard InChI is InChI=1S/C29H45N9O/c1-4-24-28(33-22-6-5-11-31-19-22)35-29(26(34-24)27(30)39)32-21-7-8-25(20(2)18-21)38-12-9-23(10-13-38)37-16-14-36(3)15-17-37/h7-8,18,22-23,31H,4-6,9-17,19H2,1-3H3,(H2,30,39)(H2,32,33,35)/t22-/m0/s1. The van der Waals surface area contributed by atoms with Crippen molar-refractivity contribution in [1.29, 1.82) is 0 Å². The van der Waals surface area contributed by atoms with E-state index in [1.54, 1.807) is 0 Å². The monoisotopic (exact) mass is 535 g/mol. The lowest BCUT2D eigenvalue weighted by Gasteiger charge is -2.43. The normalized spacial score (nSPS) is 21.6. The molecule has 0 radical (unpaired) electrons. The summed E-state index contributed by atoms with van der Waals surface area (Å²) in [5, 5.41) is 10.3. The molecule has 39 heavy (non-hydrogen) atoms. The van der Waals surface area contributed by atoms with Gasteiger partial charge >= 0.3 is 0 Å². The van der Waals surface area contributed by atoms with Gasteiger partial charge in [-0.05, 0) is 76.4 Å². The van der Waals surface area contributed by atoms with Gasteiger partial charge in [-0.25, -0.2) is 9.97 Å². The summed E-state index contributed by atoms with van der Waals surface area (Å²) in [7, 11) is 2.22. The summed E-state index contributed by atoms with van der Waals surface area (Å²) in [6.07, 6.45) is 5.27. The van der Waals surface area contributed by atoms with Gasteiger partial charge in [0.05, 0.1) is 5.69 Å². The van der Waals surface area contributed by atoms with Gasteiger partial charge in [-0.1, -0.05) is 6.92 Å². The highest BCUT2D eigenvalue weighted by atomic mass is 16.1. The largest absolute Gasteiger partial charge is 0.371 e. The Bertz CT molecular complexity index is 1130. The Hall–Kier alpha value is -2.95. The number of nitrogens with one attached hydrogen (secondary N) is 3. The van der Waals surface area contributed by atoms with Crippen molar-refractivity contribution in [2.24, 2.45) is 5.73 Å². The topological polar surface area (TPSA) is 115 Å². The number of carbonyl (C=O) groups is 1. The third-order valence-electron chi connectivity index (χ3n) is 8.49. The number of piperazine rings is 1. The first-order valence-electron chi connectivity index (χ1n) is 14.6. The molecule has 3 aliphatic heterocycles. The van der Waals surface area contributed by atoms with Crippen LogP contribution in [0.25, 0.3) is 0 Å². The zero-order chi connectivity index (χ0) is 27.4. The van der Waals surface area contributed by atoms with Crippen LogP contribution in [0.15, 0.2) is 18.2 Å². The molecule has 10 heteroatoms.